The minimum atomic E-state index is -3.21. The molecule has 0 amide bonds. The van der Waals surface area contributed by atoms with Crippen LogP contribution in [0.15, 0.2) is 73.2 Å². The number of aromatic nitrogens is 3. The molecule has 1 fully saturated rings. The van der Waals surface area contributed by atoms with Crippen LogP contribution in [0.25, 0.3) is 22.0 Å². The summed E-state index contributed by atoms with van der Waals surface area (Å²) in [7, 11) is -3.21. The molecule has 6 nitrogen and oxygen atoms in total. The summed E-state index contributed by atoms with van der Waals surface area (Å²) in [6, 6.07) is 18.5. The number of fused-ring (bicyclic) bond motifs is 1. The van der Waals surface area contributed by atoms with Crippen molar-refractivity contribution in [3.05, 3.63) is 78.8 Å². The molecule has 1 N–H and O–H groups in total. The number of aromatic amines is 1. The molecule has 0 bridgehead atoms. The van der Waals surface area contributed by atoms with Gasteiger partial charge in [0, 0.05) is 48.5 Å². The lowest BCUT2D eigenvalue weighted by Crippen LogP contribution is -2.40. The number of rotatable bonds is 7. The van der Waals surface area contributed by atoms with Gasteiger partial charge in [-0.2, -0.15) is 5.10 Å². The normalized spacial score (nSPS) is 16.0. The van der Waals surface area contributed by atoms with E-state index in [1.165, 1.54) is 10.9 Å². The van der Waals surface area contributed by atoms with Crippen molar-refractivity contribution in [2.24, 2.45) is 5.92 Å². The molecule has 0 spiro atoms. The van der Waals surface area contributed by atoms with Gasteiger partial charge in [-0.05, 0) is 54.5 Å². The molecule has 7 heteroatoms. The SMILES string of the molecule is O=S(=O)(CCc1ccccc1)N1CCC(Cn2ccc3cc(-c4cn[nH]c4)ccc32)CC1. The Morgan fingerprint density at radius 1 is 1.00 bits per heavy atom. The molecule has 0 saturated carbocycles. The monoisotopic (exact) mass is 448 g/mol. The summed E-state index contributed by atoms with van der Waals surface area (Å²) >= 11 is 0. The Morgan fingerprint density at radius 2 is 1.81 bits per heavy atom. The van der Waals surface area contributed by atoms with Gasteiger partial charge in [-0.3, -0.25) is 5.10 Å². The first-order chi connectivity index (χ1) is 15.6. The molecule has 1 aliphatic heterocycles. The van der Waals surface area contributed by atoms with Gasteiger partial charge in [0.15, 0.2) is 0 Å². The minimum Gasteiger partial charge on any atom is -0.347 e. The number of hydrogen-bond donors (Lipinski definition) is 1. The lowest BCUT2D eigenvalue weighted by molar-refractivity contribution is 0.255. The molecule has 5 rings (SSSR count). The third kappa shape index (κ3) is 4.49. The summed E-state index contributed by atoms with van der Waals surface area (Å²) in [5, 5.41) is 8.11. The number of nitrogens with one attached hydrogen (secondary N) is 1. The van der Waals surface area contributed by atoms with E-state index in [1.54, 1.807) is 4.31 Å². The molecule has 0 atom stereocenters. The zero-order valence-corrected chi connectivity index (χ0v) is 18.8. The predicted molar refractivity (Wildman–Crippen MR) is 128 cm³/mol. The van der Waals surface area contributed by atoms with Crippen LogP contribution in [0.3, 0.4) is 0 Å². The standard InChI is InChI=1S/C25H28N4O2S/c30-32(31,15-11-20-4-2-1-3-5-20)29-13-8-21(9-14-29)19-28-12-10-23-16-22(6-7-25(23)28)24-17-26-27-18-24/h1-7,10,12,16-18,21H,8-9,11,13-15,19H2,(H,26,27). The van der Waals surface area contributed by atoms with Crippen molar-refractivity contribution in [1.82, 2.24) is 19.1 Å². The number of aryl methyl sites for hydroxylation is 1. The molecule has 1 aliphatic rings. The Balaban J connectivity index is 1.19. The van der Waals surface area contributed by atoms with Crippen molar-refractivity contribution in [1.29, 1.82) is 0 Å². The minimum absolute atomic E-state index is 0.183. The highest BCUT2D eigenvalue weighted by Gasteiger charge is 2.28. The third-order valence-electron chi connectivity index (χ3n) is 6.52. The van der Waals surface area contributed by atoms with E-state index >= 15 is 0 Å². The van der Waals surface area contributed by atoms with E-state index in [-0.39, 0.29) is 5.75 Å². The van der Waals surface area contributed by atoms with Crippen LogP contribution in [0, 0.1) is 5.92 Å². The summed E-state index contributed by atoms with van der Waals surface area (Å²) in [4.78, 5) is 0. The number of benzene rings is 2. The Hall–Kier alpha value is -2.90. The van der Waals surface area contributed by atoms with Gasteiger partial charge >= 0.3 is 0 Å². The Kier molecular flexibility index (Phi) is 5.85. The van der Waals surface area contributed by atoms with Crippen molar-refractivity contribution in [3.63, 3.8) is 0 Å². The fraction of sp³-hybridized carbons (Fsp3) is 0.320. The first-order valence-corrected chi connectivity index (χ1v) is 12.8. The van der Waals surface area contributed by atoms with Crippen LogP contribution in [0.5, 0.6) is 0 Å². The number of nitrogens with zero attached hydrogens (tertiary/aromatic N) is 3. The Labute approximate surface area is 188 Å². The highest BCUT2D eigenvalue weighted by molar-refractivity contribution is 7.89. The molecule has 32 heavy (non-hydrogen) atoms. The second-order valence-electron chi connectivity index (χ2n) is 8.62. The number of hydrogen-bond acceptors (Lipinski definition) is 3. The van der Waals surface area contributed by atoms with Gasteiger partial charge in [-0.1, -0.05) is 36.4 Å². The van der Waals surface area contributed by atoms with Crippen molar-refractivity contribution >= 4 is 20.9 Å². The molecular formula is C25H28N4O2S. The molecule has 0 radical (unpaired) electrons. The zero-order valence-electron chi connectivity index (χ0n) is 18.0. The summed E-state index contributed by atoms with van der Waals surface area (Å²) in [6.45, 7) is 2.16. The van der Waals surface area contributed by atoms with Crippen LogP contribution in [-0.4, -0.2) is 46.3 Å². The van der Waals surface area contributed by atoms with Crippen molar-refractivity contribution in [2.45, 2.75) is 25.8 Å². The summed E-state index contributed by atoms with van der Waals surface area (Å²) in [6.07, 6.45) is 8.25. The molecule has 1 saturated heterocycles. The molecule has 2 aromatic heterocycles. The smallest absolute Gasteiger partial charge is 0.214 e. The topological polar surface area (TPSA) is 71.0 Å². The molecule has 0 unspecified atom stereocenters. The number of H-pyrrole nitrogens is 1. The van der Waals surface area contributed by atoms with Crippen molar-refractivity contribution in [2.75, 3.05) is 18.8 Å². The Morgan fingerprint density at radius 3 is 2.56 bits per heavy atom. The summed E-state index contributed by atoms with van der Waals surface area (Å²) < 4.78 is 29.6. The van der Waals surface area contributed by atoms with Crippen molar-refractivity contribution in [3.8, 4) is 11.1 Å². The molecule has 166 valence electrons. The van der Waals surface area contributed by atoms with Gasteiger partial charge in [-0.25, -0.2) is 12.7 Å². The van der Waals surface area contributed by atoms with E-state index in [2.05, 4.69) is 45.2 Å². The van der Waals surface area contributed by atoms with E-state index < -0.39 is 10.0 Å². The first-order valence-electron chi connectivity index (χ1n) is 11.2. The highest BCUT2D eigenvalue weighted by Crippen LogP contribution is 2.27. The van der Waals surface area contributed by atoms with Crippen LogP contribution in [0.1, 0.15) is 18.4 Å². The lowest BCUT2D eigenvalue weighted by atomic mass is 9.98. The maximum atomic E-state index is 12.8. The van der Waals surface area contributed by atoms with Gasteiger partial charge in [0.25, 0.3) is 0 Å². The lowest BCUT2D eigenvalue weighted by Gasteiger charge is -2.31. The van der Waals surface area contributed by atoms with E-state index in [0.29, 0.717) is 25.4 Å². The fourth-order valence-corrected chi connectivity index (χ4v) is 6.14. The maximum Gasteiger partial charge on any atom is 0.214 e. The average molecular weight is 449 g/mol. The van der Waals surface area contributed by atoms with Gasteiger partial charge in [0.2, 0.25) is 10.0 Å². The second-order valence-corrected chi connectivity index (χ2v) is 10.7. The largest absolute Gasteiger partial charge is 0.347 e. The molecule has 2 aromatic carbocycles. The Bertz CT molecular complexity index is 1270. The quantitative estimate of drug-likeness (QED) is 0.458. The molecular weight excluding hydrogens is 420 g/mol. The third-order valence-corrected chi connectivity index (χ3v) is 8.39. The van der Waals surface area contributed by atoms with Crippen LogP contribution < -0.4 is 0 Å². The fourth-order valence-electron chi connectivity index (χ4n) is 4.62. The van der Waals surface area contributed by atoms with Gasteiger partial charge in [0.05, 0.1) is 11.9 Å². The van der Waals surface area contributed by atoms with Crippen LogP contribution in [0.2, 0.25) is 0 Å². The summed E-state index contributed by atoms with van der Waals surface area (Å²) in [5.74, 6) is 0.669. The zero-order chi connectivity index (χ0) is 22.0. The summed E-state index contributed by atoms with van der Waals surface area (Å²) in [5.41, 5.74) is 4.52. The second kappa shape index (κ2) is 8.92. The van der Waals surface area contributed by atoms with Crippen molar-refractivity contribution < 1.29 is 8.42 Å². The van der Waals surface area contributed by atoms with E-state index in [1.807, 2.05) is 42.7 Å². The van der Waals surface area contributed by atoms with E-state index in [4.69, 9.17) is 0 Å². The predicted octanol–water partition coefficient (Wildman–Crippen LogP) is 4.32. The molecule has 4 aromatic rings. The average Bonchev–Trinajstić information content (AvgIpc) is 3.49. The first kappa shape index (κ1) is 21.0. The van der Waals surface area contributed by atoms with Crippen LogP contribution >= 0.6 is 0 Å². The number of piperidine rings is 1. The number of sulfonamides is 1. The van der Waals surface area contributed by atoms with Gasteiger partial charge < -0.3 is 4.57 Å². The van der Waals surface area contributed by atoms with E-state index in [9.17, 15) is 8.42 Å². The highest BCUT2D eigenvalue weighted by atomic mass is 32.2. The molecule has 0 aliphatic carbocycles. The maximum absolute atomic E-state index is 12.8. The van der Waals surface area contributed by atoms with Crippen LogP contribution in [0.4, 0.5) is 0 Å². The van der Waals surface area contributed by atoms with Gasteiger partial charge in [-0.15, -0.1) is 0 Å². The molecule has 3 heterocycles. The van der Waals surface area contributed by atoms with Gasteiger partial charge in [0.1, 0.15) is 0 Å². The van der Waals surface area contributed by atoms with Crippen LogP contribution in [-0.2, 0) is 23.0 Å². The van der Waals surface area contributed by atoms with E-state index in [0.717, 1.165) is 36.1 Å².